The Bertz CT molecular complexity index is 552. The molecule has 3 atom stereocenters. The second kappa shape index (κ2) is 6.52. The fourth-order valence-electron chi connectivity index (χ4n) is 2.80. The highest BCUT2D eigenvalue weighted by atomic mass is 35.5. The van der Waals surface area contributed by atoms with E-state index in [4.69, 9.17) is 16.3 Å². The van der Waals surface area contributed by atoms with Crippen molar-refractivity contribution in [3.63, 3.8) is 0 Å². The first kappa shape index (κ1) is 18.4. The third kappa shape index (κ3) is 4.77. The molecule has 1 saturated heterocycles. The van der Waals surface area contributed by atoms with Gasteiger partial charge in [0.1, 0.15) is 5.75 Å². The zero-order chi connectivity index (χ0) is 17.4. The first-order valence-electron chi connectivity index (χ1n) is 7.68. The van der Waals surface area contributed by atoms with Crippen molar-refractivity contribution in [1.82, 2.24) is 0 Å². The lowest BCUT2D eigenvalue weighted by Gasteiger charge is -2.32. The lowest BCUT2D eigenvalue weighted by atomic mass is 9.78. The Morgan fingerprint density at radius 2 is 1.87 bits per heavy atom. The zero-order valence-corrected chi connectivity index (χ0v) is 14.5. The van der Waals surface area contributed by atoms with E-state index in [9.17, 15) is 13.2 Å². The molecule has 0 aromatic heterocycles. The summed E-state index contributed by atoms with van der Waals surface area (Å²) in [6.07, 6.45) is -3.65. The van der Waals surface area contributed by atoms with Crippen LogP contribution in [-0.2, 0) is 4.74 Å². The third-order valence-electron chi connectivity index (χ3n) is 4.52. The van der Waals surface area contributed by atoms with Gasteiger partial charge in [-0.15, -0.1) is 13.2 Å². The summed E-state index contributed by atoms with van der Waals surface area (Å²) in [7, 11) is 0. The van der Waals surface area contributed by atoms with Crippen LogP contribution in [0.15, 0.2) is 18.2 Å². The molecule has 1 aromatic rings. The Labute approximate surface area is 139 Å². The zero-order valence-electron chi connectivity index (χ0n) is 13.7. The summed E-state index contributed by atoms with van der Waals surface area (Å²) in [5.74, 6) is 0.0193. The second-order valence-corrected chi connectivity index (χ2v) is 7.56. The monoisotopic (exact) mass is 350 g/mol. The molecule has 1 aliphatic rings. The number of hydrogen-bond acceptors (Lipinski definition) is 2. The SMILES string of the molecule is C[C@@H]([C@@H]1CC[C@H](c2ccc(Cl)cc2OC(F)(F)F)O1)C(C)(C)C. The molecule has 1 fully saturated rings. The van der Waals surface area contributed by atoms with E-state index in [1.807, 2.05) is 0 Å². The number of benzene rings is 1. The van der Waals surface area contributed by atoms with E-state index >= 15 is 0 Å². The average molecular weight is 351 g/mol. The van der Waals surface area contributed by atoms with Crippen molar-refractivity contribution in [3.8, 4) is 5.75 Å². The lowest BCUT2D eigenvalue weighted by Crippen LogP contribution is -2.29. The van der Waals surface area contributed by atoms with Gasteiger partial charge in [-0.25, -0.2) is 0 Å². The van der Waals surface area contributed by atoms with Crippen LogP contribution in [-0.4, -0.2) is 12.5 Å². The molecular weight excluding hydrogens is 329 g/mol. The van der Waals surface area contributed by atoms with Crippen LogP contribution in [0.1, 0.15) is 52.2 Å². The van der Waals surface area contributed by atoms with Gasteiger partial charge in [-0.1, -0.05) is 45.4 Å². The van der Waals surface area contributed by atoms with Crippen LogP contribution in [0, 0.1) is 11.3 Å². The fraction of sp³-hybridized carbons (Fsp3) is 0.647. The van der Waals surface area contributed by atoms with Crippen LogP contribution in [0.4, 0.5) is 13.2 Å². The van der Waals surface area contributed by atoms with E-state index in [0.717, 1.165) is 6.42 Å². The van der Waals surface area contributed by atoms with E-state index in [1.54, 1.807) is 12.1 Å². The Morgan fingerprint density at radius 3 is 2.43 bits per heavy atom. The first-order valence-corrected chi connectivity index (χ1v) is 8.06. The summed E-state index contributed by atoms with van der Waals surface area (Å²) >= 11 is 5.80. The van der Waals surface area contributed by atoms with Gasteiger partial charge in [0, 0.05) is 10.6 Å². The van der Waals surface area contributed by atoms with Crippen LogP contribution < -0.4 is 4.74 Å². The maximum atomic E-state index is 12.6. The van der Waals surface area contributed by atoms with Crippen LogP contribution in [0.5, 0.6) is 5.75 Å². The highest BCUT2D eigenvalue weighted by molar-refractivity contribution is 6.30. The normalized spacial score (nSPS) is 23.8. The Morgan fingerprint density at radius 1 is 1.22 bits per heavy atom. The molecule has 6 heteroatoms. The van der Waals surface area contributed by atoms with Gasteiger partial charge in [-0.05, 0) is 36.3 Å². The Balaban J connectivity index is 2.20. The second-order valence-electron chi connectivity index (χ2n) is 7.13. The van der Waals surface area contributed by atoms with E-state index in [-0.39, 0.29) is 22.3 Å². The molecule has 1 aromatic carbocycles. The summed E-state index contributed by atoms with van der Waals surface area (Å²) in [6, 6.07) is 4.30. The highest BCUT2D eigenvalue weighted by Crippen LogP contribution is 2.44. The minimum Gasteiger partial charge on any atom is -0.405 e. The predicted octanol–water partition coefficient (Wildman–Crippen LogP) is 6.14. The van der Waals surface area contributed by atoms with Gasteiger partial charge in [0.2, 0.25) is 0 Å². The van der Waals surface area contributed by atoms with Crippen molar-refractivity contribution in [2.45, 2.75) is 59.1 Å². The highest BCUT2D eigenvalue weighted by Gasteiger charge is 2.38. The van der Waals surface area contributed by atoms with Gasteiger partial charge in [0.05, 0.1) is 12.2 Å². The van der Waals surface area contributed by atoms with Crippen molar-refractivity contribution < 1.29 is 22.6 Å². The molecule has 130 valence electrons. The molecule has 0 spiro atoms. The molecule has 0 saturated carbocycles. The minimum absolute atomic E-state index is 0.0226. The molecule has 1 heterocycles. The number of hydrogen-bond donors (Lipinski definition) is 0. The minimum atomic E-state index is -4.75. The van der Waals surface area contributed by atoms with Crippen LogP contribution in [0.3, 0.4) is 0 Å². The summed E-state index contributed by atoms with van der Waals surface area (Å²) in [4.78, 5) is 0. The predicted molar refractivity (Wildman–Crippen MR) is 83.6 cm³/mol. The summed E-state index contributed by atoms with van der Waals surface area (Å²) in [5, 5.41) is 0.200. The molecule has 0 N–H and O–H groups in total. The molecule has 0 aliphatic carbocycles. The summed E-state index contributed by atoms with van der Waals surface area (Å²) < 4.78 is 48.0. The van der Waals surface area contributed by atoms with Gasteiger partial charge < -0.3 is 9.47 Å². The van der Waals surface area contributed by atoms with Crippen LogP contribution in [0.25, 0.3) is 0 Å². The van der Waals surface area contributed by atoms with Gasteiger partial charge in [-0.3, -0.25) is 0 Å². The molecule has 0 unspecified atom stereocenters. The smallest absolute Gasteiger partial charge is 0.405 e. The number of alkyl halides is 3. The van der Waals surface area contributed by atoms with Gasteiger partial charge in [0.15, 0.2) is 0 Å². The fourth-order valence-corrected chi connectivity index (χ4v) is 2.97. The molecule has 0 bridgehead atoms. The van der Waals surface area contributed by atoms with Gasteiger partial charge in [0.25, 0.3) is 0 Å². The third-order valence-corrected chi connectivity index (χ3v) is 4.76. The van der Waals surface area contributed by atoms with Gasteiger partial charge in [-0.2, -0.15) is 0 Å². The summed E-state index contributed by atoms with van der Waals surface area (Å²) in [6.45, 7) is 8.51. The maximum absolute atomic E-state index is 12.6. The van der Waals surface area contributed by atoms with E-state index in [2.05, 4.69) is 32.4 Å². The maximum Gasteiger partial charge on any atom is 0.573 e. The van der Waals surface area contributed by atoms with Crippen molar-refractivity contribution in [2.75, 3.05) is 0 Å². The molecule has 23 heavy (non-hydrogen) atoms. The number of ether oxygens (including phenoxy) is 2. The van der Waals surface area contributed by atoms with Gasteiger partial charge >= 0.3 is 6.36 Å². The van der Waals surface area contributed by atoms with E-state index in [1.165, 1.54) is 6.07 Å². The lowest BCUT2D eigenvalue weighted by molar-refractivity contribution is -0.275. The topological polar surface area (TPSA) is 18.5 Å². The molecule has 2 nitrogen and oxygen atoms in total. The van der Waals surface area contributed by atoms with Crippen molar-refractivity contribution in [3.05, 3.63) is 28.8 Å². The van der Waals surface area contributed by atoms with Crippen LogP contribution >= 0.6 is 11.6 Å². The summed E-state index contributed by atoms with van der Waals surface area (Å²) in [5.41, 5.74) is 0.473. The molecule has 1 aliphatic heterocycles. The van der Waals surface area contributed by atoms with Crippen molar-refractivity contribution in [2.24, 2.45) is 11.3 Å². The molecule has 0 amide bonds. The van der Waals surface area contributed by atoms with Crippen molar-refractivity contribution >= 4 is 11.6 Å². The Kier molecular flexibility index (Phi) is 5.21. The Hall–Kier alpha value is -0.940. The van der Waals surface area contributed by atoms with E-state index < -0.39 is 12.5 Å². The number of rotatable bonds is 3. The average Bonchev–Trinajstić information content (AvgIpc) is 2.84. The van der Waals surface area contributed by atoms with E-state index in [0.29, 0.717) is 17.9 Å². The standard InChI is InChI=1S/C17H22ClF3O2/c1-10(16(2,3)4)13-7-8-14(22-13)12-6-5-11(18)9-15(12)23-17(19,20)21/h5-6,9-10,13-14H,7-8H2,1-4H3/t10-,13-,14+/m0/s1. The molecular formula is C17H22ClF3O2. The molecule has 2 rings (SSSR count). The largest absolute Gasteiger partial charge is 0.573 e. The first-order chi connectivity index (χ1) is 10.5. The van der Waals surface area contributed by atoms with Crippen molar-refractivity contribution in [1.29, 1.82) is 0 Å². The quantitative estimate of drug-likeness (QED) is 0.651. The number of halogens is 4. The molecule has 0 radical (unpaired) electrons. The van der Waals surface area contributed by atoms with Crippen LogP contribution in [0.2, 0.25) is 5.02 Å².